The summed E-state index contributed by atoms with van der Waals surface area (Å²) in [6, 6.07) is 9.26. The average Bonchev–Trinajstić information content (AvgIpc) is 3.20. The Balaban J connectivity index is 0.00000243. The van der Waals surface area contributed by atoms with Crippen LogP contribution in [0, 0.1) is 11.8 Å². The minimum Gasteiger partial charge on any atom is -0.344 e. The topological polar surface area (TPSA) is 61.4 Å². The van der Waals surface area contributed by atoms with Crippen LogP contribution in [0.25, 0.3) is 0 Å². The highest BCUT2D eigenvalue weighted by atomic mass is 35.5. The summed E-state index contributed by atoms with van der Waals surface area (Å²) in [4.78, 5) is 27.3. The summed E-state index contributed by atoms with van der Waals surface area (Å²) >= 11 is 1.71. The number of benzene rings is 1. The second-order valence-electron chi connectivity index (χ2n) is 6.99. The Hall–Kier alpha value is -1.24. The first-order valence-electron chi connectivity index (χ1n) is 8.99. The van der Waals surface area contributed by atoms with Crippen molar-refractivity contribution in [3.63, 3.8) is 0 Å². The number of carbonyl (C=O) groups excluding carboxylic acids is 2. The van der Waals surface area contributed by atoms with Gasteiger partial charge < -0.3 is 15.5 Å². The van der Waals surface area contributed by atoms with Crippen molar-refractivity contribution in [2.75, 3.05) is 38.2 Å². The lowest BCUT2D eigenvalue weighted by atomic mass is 10.0. The van der Waals surface area contributed by atoms with Gasteiger partial charge in [-0.15, -0.1) is 12.4 Å². The number of halogens is 1. The summed E-state index contributed by atoms with van der Waals surface area (Å²) in [5.41, 5.74) is 0.970. The Labute approximate surface area is 166 Å². The molecule has 2 heterocycles. The molecule has 2 aliphatic heterocycles. The molecule has 1 unspecified atom stereocenters. The Morgan fingerprint density at radius 1 is 1.23 bits per heavy atom. The zero-order valence-electron chi connectivity index (χ0n) is 15.1. The molecule has 3 rings (SSSR count). The number of thioether (sulfide) groups is 1. The number of fused-ring (bicyclic) bond motifs is 1. The van der Waals surface area contributed by atoms with Crippen molar-refractivity contribution >= 4 is 36.0 Å². The van der Waals surface area contributed by atoms with Crippen molar-refractivity contribution in [1.82, 2.24) is 15.5 Å². The maximum absolute atomic E-state index is 13.0. The Kier molecular flexibility index (Phi) is 8.25. The first-order chi connectivity index (χ1) is 12.2. The van der Waals surface area contributed by atoms with Gasteiger partial charge in [0.05, 0.1) is 6.42 Å². The molecule has 2 amide bonds. The van der Waals surface area contributed by atoms with Gasteiger partial charge in [0.1, 0.15) is 6.04 Å². The van der Waals surface area contributed by atoms with E-state index in [9.17, 15) is 9.59 Å². The first kappa shape index (κ1) is 21.1. The molecule has 3 atom stereocenters. The standard InChI is InChI=1S/C19H27N3O2S.ClH/c1-25-8-7-17(21-18(23)9-14-5-3-2-4-6-14)19(24)22-12-15-10-20-11-16(15)13-22;/h2-6,15-17,20H,7-13H2,1H3,(H,21,23);1H/t15-,16+,17?;. The van der Waals surface area contributed by atoms with Gasteiger partial charge >= 0.3 is 0 Å². The zero-order valence-corrected chi connectivity index (χ0v) is 16.8. The molecule has 2 aliphatic rings. The highest BCUT2D eigenvalue weighted by Gasteiger charge is 2.39. The number of hydrogen-bond donors (Lipinski definition) is 2. The molecule has 1 aromatic rings. The normalized spacial score (nSPS) is 22.4. The molecule has 2 saturated heterocycles. The van der Waals surface area contributed by atoms with Crippen LogP contribution in [0.1, 0.15) is 12.0 Å². The summed E-state index contributed by atoms with van der Waals surface area (Å²) in [5.74, 6) is 2.02. The van der Waals surface area contributed by atoms with Gasteiger partial charge in [0.25, 0.3) is 0 Å². The van der Waals surface area contributed by atoms with Crippen LogP contribution < -0.4 is 10.6 Å². The van der Waals surface area contributed by atoms with E-state index < -0.39 is 6.04 Å². The van der Waals surface area contributed by atoms with Gasteiger partial charge in [0.15, 0.2) is 0 Å². The van der Waals surface area contributed by atoms with E-state index in [-0.39, 0.29) is 24.2 Å². The van der Waals surface area contributed by atoms with E-state index in [4.69, 9.17) is 0 Å². The molecule has 0 bridgehead atoms. The minimum absolute atomic E-state index is 0. The molecule has 5 nitrogen and oxygen atoms in total. The fourth-order valence-corrected chi connectivity index (χ4v) is 4.25. The summed E-state index contributed by atoms with van der Waals surface area (Å²) < 4.78 is 0. The van der Waals surface area contributed by atoms with Crippen LogP contribution >= 0.6 is 24.2 Å². The van der Waals surface area contributed by atoms with E-state index >= 15 is 0 Å². The van der Waals surface area contributed by atoms with Gasteiger partial charge in [-0.1, -0.05) is 30.3 Å². The van der Waals surface area contributed by atoms with Crippen molar-refractivity contribution < 1.29 is 9.59 Å². The highest BCUT2D eigenvalue weighted by Crippen LogP contribution is 2.27. The molecule has 7 heteroatoms. The fraction of sp³-hybridized carbons (Fsp3) is 0.579. The first-order valence-corrected chi connectivity index (χ1v) is 10.4. The van der Waals surface area contributed by atoms with Crippen molar-refractivity contribution in [2.45, 2.75) is 18.9 Å². The summed E-state index contributed by atoms with van der Waals surface area (Å²) in [6.07, 6.45) is 3.03. The van der Waals surface area contributed by atoms with Crippen LogP contribution in [-0.2, 0) is 16.0 Å². The lowest BCUT2D eigenvalue weighted by molar-refractivity contribution is -0.135. The van der Waals surface area contributed by atoms with Gasteiger partial charge in [0.2, 0.25) is 11.8 Å². The van der Waals surface area contributed by atoms with Gasteiger partial charge in [-0.25, -0.2) is 0 Å². The van der Waals surface area contributed by atoms with Crippen molar-refractivity contribution in [1.29, 1.82) is 0 Å². The van der Waals surface area contributed by atoms with Gasteiger partial charge in [-0.05, 0) is 35.8 Å². The second-order valence-corrected chi connectivity index (χ2v) is 7.97. The van der Waals surface area contributed by atoms with E-state index in [1.54, 1.807) is 11.8 Å². The number of hydrogen-bond acceptors (Lipinski definition) is 4. The predicted molar refractivity (Wildman–Crippen MR) is 109 cm³/mol. The molecular weight excluding hydrogens is 370 g/mol. The summed E-state index contributed by atoms with van der Waals surface area (Å²) in [6.45, 7) is 3.65. The predicted octanol–water partition coefficient (Wildman–Crippen LogP) is 1.57. The van der Waals surface area contributed by atoms with Crippen LogP contribution in [0.4, 0.5) is 0 Å². The molecular formula is C19H28ClN3O2S. The number of nitrogens with one attached hydrogen (secondary N) is 2. The van der Waals surface area contributed by atoms with Crippen molar-refractivity contribution in [3.05, 3.63) is 35.9 Å². The SMILES string of the molecule is CSCCC(NC(=O)Cc1ccccc1)C(=O)N1C[C@H]2CNC[C@H]2C1.Cl. The van der Waals surface area contributed by atoms with E-state index in [0.29, 0.717) is 24.7 Å². The van der Waals surface area contributed by atoms with E-state index in [2.05, 4.69) is 10.6 Å². The Morgan fingerprint density at radius 3 is 2.50 bits per heavy atom. The lowest BCUT2D eigenvalue weighted by Crippen LogP contribution is -2.49. The number of nitrogens with zero attached hydrogens (tertiary/aromatic N) is 1. The molecule has 2 fully saturated rings. The lowest BCUT2D eigenvalue weighted by Gasteiger charge is -2.25. The van der Waals surface area contributed by atoms with Crippen LogP contribution in [-0.4, -0.2) is 60.9 Å². The molecule has 0 saturated carbocycles. The van der Waals surface area contributed by atoms with E-state index in [1.165, 1.54) is 0 Å². The quantitative estimate of drug-likeness (QED) is 0.733. The van der Waals surface area contributed by atoms with Crippen LogP contribution in [0.15, 0.2) is 30.3 Å². The van der Waals surface area contributed by atoms with Crippen LogP contribution in [0.2, 0.25) is 0 Å². The van der Waals surface area contributed by atoms with Gasteiger partial charge in [0, 0.05) is 26.2 Å². The minimum atomic E-state index is -0.407. The monoisotopic (exact) mass is 397 g/mol. The third-order valence-corrected chi connectivity index (χ3v) is 5.80. The van der Waals surface area contributed by atoms with Crippen LogP contribution in [0.5, 0.6) is 0 Å². The van der Waals surface area contributed by atoms with Crippen molar-refractivity contribution in [3.8, 4) is 0 Å². The van der Waals surface area contributed by atoms with Gasteiger partial charge in [-0.3, -0.25) is 9.59 Å². The molecule has 144 valence electrons. The Morgan fingerprint density at radius 2 is 1.88 bits per heavy atom. The number of rotatable bonds is 7. The third kappa shape index (κ3) is 5.38. The Bertz CT molecular complexity index is 590. The van der Waals surface area contributed by atoms with Crippen LogP contribution in [0.3, 0.4) is 0 Å². The van der Waals surface area contributed by atoms with Gasteiger partial charge in [-0.2, -0.15) is 11.8 Å². The third-order valence-electron chi connectivity index (χ3n) is 5.15. The van der Waals surface area contributed by atoms with E-state index in [0.717, 1.165) is 37.5 Å². The summed E-state index contributed by atoms with van der Waals surface area (Å²) in [5, 5.41) is 6.38. The summed E-state index contributed by atoms with van der Waals surface area (Å²) in [7, 11) is 0. The van der Waals surface area contributed by atoms with E-state index in [1.807, 2.05) is 41.5 Å². The maximum atomic E-state index is 13.0. The smallest absolute Gasteiger partial charge is 0.245 e. The molecule has 0 spiro atoms. The molecule has 26 heavy (non-hydrogen) atoms. The molecule has 2 N–H and O–H groups in total. The number of carbonyl (C=O) groups is 2. The molecule has 0 aliphatic carbocycles. The highest BCUT2D eigenvalue weighted by molar-refractivity contribution is 7.98. The average molecular weight is 398 g/mol. The molecule has 0 aromatic heterocycles. The number of likely N-dealkylation sites (tertiary alicyclic amines) is 1. The maximum Gasteiger partial charge on any atom is 0.245 e. The van der Waals surface area contributed by atoms with Crippen molar-refractivity contribution in [2.24, 2.45) is 11.8 Å². The zero-order chi connectivity index (χ0) is 17.6. The molecule has 0 radical (unpaired) electrons. The number of amides is 2. The largest absolute Gasteiger partial charge is 0.344 e. The fourth-order valence-electron chi connectivity index (χ4n) is 3.78. The second kappa shape index (κ2) is 10.2. The molecule has 1 aromatic carbocycles.